The molecule has 2 heterocycles. The molecule has 3 nitrogen and oxygen atoms in total. The molecule has 2 atom stereocenters. The third kappa shape index (κ3) is 2.55. The summed E-state index contributed by atoms with van der Waals surface area (Å²) in [5.41, 5.74) is 1.66. The molecule has 1 aliphatic heterocycles. The van der Waals surface area contributed by atoms with E-state index in [9.17, 15) is 5.11 Å². The molecule has 0 bridgehead atoms. The number of hydrogen-bond donors (Lipinski definition) is 1. The lowest BCUT2D eigenvalue weighted by molar-refractivity contribution is -0.0648. The summed E-state index contributed by atoms with van der Waals surface area (Å²) in [6, 6.07) is 5.71. The summed E-state index contributed by atoms with van der Waals surface area (Å²) in [4.78, 5) is 4.32. The van der Waals surface area contributed by atoms with E-state index in [1.54, 1.807) is 0 Å². The van der Waals surface area contributed by atoms with Gasteiger partial charge in [-0.05, 0) is 38.3 Å². The van der Waals surface area contributed by atoms with Crippen molar-refractivity contribution in [3.63, 3.8) is 0 Å². The van der Waals surface area contributed by atoms with Gasteiger partial charge in [0.15, 0.2) is 0 Å². The maximum absolute atomic E-state index is 10.1. The lowest BCUT2D eigenvalue weighted by Crippen LogP contribution is -2.27. The van der Waals surface area contributed by atoms with Gasteiger partial charge in [0.1, 0.15) is 6.10 Å². The van der Waals surface area contributed by atoms with Gasteiger partial charge < -0.3 is 9.84 Å². The first-order valence-corrected chi connectivity index (χ1v) is 5.50. The maximum Gasteiger partial charge on any atom is 0.122 e. The summed E-state index contributed by atoms with van der Waals surface area (Å²) in [5.74, 6) is 0. The van der Waals surface area contributed by atoms with Crippen LogP contribution in [0.2, 0.25) is 0 Å². The summed E-state index contributed by atoms with van der Waals surface area (Å²) in [6.45, 7) is 2.69. The van der Waals surface area contributed by atoms with Crippen LogP contribution in [0.4, 0.5) is 0 Å². The zero-order valence-electron chi connectivity index (χ0n) is 9.02. The van der Waals surface area contributed by atoms with Crippen LogP contribution in [0.1, 0.15) is 36.8 Å². The Morgan fingerprint density at radius 1 is 1.47 bits per heavy atom. The molecule has 1 N–H and O–H groups in total. The fraction of sp³-hybridized carbons (Fsp3) is 0.583. The first-order chi connectivity index (χ1) is 7.27. The van der Waals surface area contributed by atoms with Crippen molar-refractivity contribution in [1.29, 1.82) is 0 Å². The van der Waals surface area contributed by atoms with Crippen LogP contribution in [0.5, 0.6) is 0 Å². The van der Waals surface area contributed by atoms with E-state index in [-0.39, 0.29) is 6.10 Å². The molecule has 3 heteroatoms. The highest BCUT2D eigenvalue weighted by Gasteiger charge is 2.24. The normalized spacial score (nSPS) is 23.7. The minimum atomic E-state index is -0.579. The first-order valence-electron chi connectivity index (χ1n) is 5.50. The van der Waals surface area contributed by atoms with Gasteiger partial charge in [0.2, 0.25) is 0 Å². The van der Waals surface area contributed by atoms with Gasteiger partial charge in [-0.25, -0.2) is 0 Å². The van der Waals surface area contributed by atoms with Crippen LogP contribution in [-0.2, 0) is 4.74 Å². The molecule has 1 aromatic heterocycles. The van der Waals surface area contributed by atoms with Gasteiger partial charge in [-0.15, -0.1) is 0 Å². The quantitative estimate of drug-likeness (QED) is 0.806. The van der Waals surface area contributed by atoms with Crippen molar-refractivity contribution in [3.05, 3.63) is 29.6 Å². The van der Waals surface area contributed by atoms with E-state index >= 15 is 0 Å². The molecular weight excluding hydrogens is 190 g/mol. The number of aromatic nitrogens is 1. The van der Waals surface area contributed by atoms with Crippen LogP contribution >= 0.6 is 0 Å². The molecule has 0 saturated carbocycles. The summed E-state index contributed by atoms with van der Waals surface area (Å²) < 4.78 is 5.54. The monoisotopic (exact) mass is 207 g/mol. The summed E-state index contributed by atoms with van der Waals surface area (Å²) >= 11 is 0. The number of pyridine rings is 1. The predicted octanol–water partition coefficient (Wildman–Crippen LogP) is 1.99. The number of ether oxygens (including phenoxy) is 1. The standard InChI is InChI=1S/C12H17NO2/c1-9-5-4-6-10(13-9)12(14)11-7-2-3-8-15-11/h4-6,11-12,14H,2-3,7-8H2,1H3. The number of rotatable bonds is 2. The molecule has 0 radical (unpaired) electrons. The first kappa shape index (κ1) is 10.6. The van der Waals surface area contributed by atoms with Gasteiger partial charge in [0.25, 0.3) is 0 Å². The summed E-state index contributed by atoms with van der Waals surface area (Å²) in [5, 5.41) is 10.1. The SMILES string of the molecule is Cc1cccc(C(O)C2CCCCO2)n1. The van der Waals surface area contributed by atoms with Crippen molar-refractivity contribution in [3.8, 4) is 0 Å². The second-order valence-electron chi connectivity index (χ2n) is 4.05. The third-order valence-electron chi connectivity index (χ3n) is 2.78. The molecule has 0 aliphatic carbocycles. The van der Waals surface area contributed by atoms with Gasteiger partial charge in [0.05, 0.1) is 11.8 Å². The van der Waals surface area contributed by atoms with Crippen molar-refractivity contribution >= 4 is 0 Å². The van der Waals surface area contributed by atoms with Crippen LogP contribution in [0.15, 0.2) is 18.2 Å². The Labute approximate surface area is 90.1 Å². The molecule has 1 aromatic rings. The Morgan fingerprint density at radius 3 is 3.00 bits per heavy atom. The van der Waals surface area contributed by atoms with E-state index in [0.29, 0.717) is 0 Å². The molecule has 0 spiro atoms. The topological polar surface area (TPSA) is 42.4 Å². The molecule has 15 heavy (non-hydrogen) atoms. The smallest absolute Gasteiger partial charge is 0.122 e. The summed E-state index contributed by atoms with van der Waals surface area (Å²) in [6.07, 6.45) is 2.51. The van der Waals surface area contributed by atoms with Crippen molar-refractivity contribution in [2.45, 2.75) is 38.4 Å². The number of aliphatic hydroxyl groups excluding tert-OH is 1. The highest BCUT2D eigenvalue weighted by molar-refractivity contribution is 5.13. The lowest BCUT2D eigenvalue weighted by Gasteiger charge is -2.26. The van der Waals surface area contributed by atoms with Crippen LogP contribution in [0, 0.1) is 6.92 Å². The average Bonchev–Trinajstić information content (AvgIpc) is 2.29. The molecular formula is C12H17NO2. The van der Waals surface area contributed by atoms with Crippen molar-refractivity contribution in [1.82, 2.24) is 4.98 Å². The maximum atomic E-state index is 10.1. The molecule has 1 fully saturated rings. The van der Waals surface area contributed by atoms with Crippen molar-refractivity contribution < 1.29 is 9.84 Å². The predicted molar refractivity (Wildman–Crippen MR) is 57.5 cm³/mol. The molecule has 0 aromatic carbocycles. The fourth-order valence-corrected chi connectivity index (χ4v) is 1.93. The zero-order valence-corrected chi connectivity index (χ0v) is 9.02. The molecule has 82 valence electrons. The second-order valence-corrected chi connectivity index (χ2v) is 4.05. The Bertz CT molecular complexity index is 321. The average molecular weight is 207 g/mol. The van der Waals surface area contributed by atoms with E-state index in [1.807, 2.05) is 25.1 Å². The minimum Gasteiger partial charge on any atom is -0.384 e. The molecule has 1 aliphatic rings. The van der Waals surface area contributed by atoms with E-state index in [1.165, 1.54) is 0 Å². The Hall–Kier alpha value is -0.930. The van der Waals surface area contributed by atoms with Gasteiger partial charge in [0, 0.05) is 12.3 Å². The Kier molecular flexibility index (Phi) is 3.34. The second kappa shape index (κ2) is 4.73. The Morgan fingerprint density at radius 2 is 2.33 bits per heavy atom. The number of aryl methyl sites for hydroxylation is 1. The number of aliphatic hydroxyl groups is 1. The Balaban J connectivity index is 2.08. The molecule has 2 unspecified atom stereocenters. The fourth-order valence-electron chi connectivity index (χ4n) is 1.93. The van der Waals surface area contributed by atoms with Crippen molar-refractivity contribution in [2.75, 3.05) is 6.61 Å². The third-order valence-corrected chi connectivity index (χ3v) is 2.78. The van der Waals surface area contributed by atoms with Gasteiger partial charge in [-0.2, -0.15) is 0 Å². The van der Waals surface area contributed by atoms with Crippen LogP contribution < -0.4 is 0 Å². The van der Waals surface area contributed by atoms with Crippen LogP contribution in [0.3, 0.4) is 0 Å². The van der Waals surface area contributed by atoms with Crippen molar-refractivity contribution in [2.24, 2.45) is 0 Å². The van der Waals surface area contributed by atoms with E-state index in [4.69, 9.17) is 4.74 Å². The summed E-state index contributed by atoms with van der Waals surface area (Å²) in [7, 11) is 0. The highest BCUT2D eigenvalue weighted by Crippen LogP contribution is 2.25. The van der Waals surface area contributed by atoms with E-state index in [2.05, 4.69) is 4.98 Å². The van der Waals surface area contributed by atoms with E-state index < -0.39 is 6.10 Å². The van der Waals surface area contributed by atoms with Gasteiger partial charge in [-0.3, -0.25) is 4.98 Å². The van der Waals surface area contributed by atoms with E-state index in [0.717, 1.165) is 37.3 Å². The van der Waals surface area contributed by atoms with Crippen LogP contribution in [0.25, 0.3) is 0 Å². The largest absolute Gasteiger partial charge is 0.384 e. The number of nitrogens with zero attached hydrogens (tertiary/aromatic N) is 1. The minimum absolute atomic E-state index is 0.0759. The lowest BCUT2D eigenvalue weighted by atomic mass is 10.0. The highest BCUT2D eigenvalue weighted by atomic mass is 16.5. The molecule has 0 amide bonds. The molecule has 1 saturated heterocycles. The molecule has 2 rings (SSSR count). The number of hydrogen-bond acceptors (Lipinski definition) is 3. The van der Waals surface area contributed by atoms with Gasteiger partial charge in [-0.1, -0.05) is 6.07 Å². The van der Waals surface area contributed by atoms with Crippen LogP contribution in [-0.4, -0.2) is 22.8 Å². The van der Waals surface area contributed by atoms with Gasteiger partial charge >= 0.3 is 0 Å². The zero-order chi connectivity index (χ0) is 10.7.